The zero-order valence-electron chi connectivity index (χ0n) is 12.7. The van der Waals surface area contributed by atoms with Gasteiger partial charge in [-0.25, -0.2) is 4.98 Å². The fourth-order valence-electron chi connectivity index (χ4n) is 2.82. The van der Waals surface area contributed by atoms with E-state index in [4.69, 9.17) is 11.6 Å². The molecule has 3 rings (SSSR count). The van der Waals surface area contributed by atoms with E-state index < -0.39 is 0 Å². The van der Waals surface area contributed by atoms with Gasteiger partial charge in [-0.15, -0.1) is 0 Å². The van der Waals surface area contributed by atoms with Crippen LogP contribution in [-0.2, 0) is 11.8 Å². The Balaban J connectivity index is 1.68. The average Bonchev–Trinajstić information content (AvgIpc) is 2.71. The van der Waals surface area contributed by atoms with E-state index in [9.17, 15) is 4.79 Å². The van der Waals surface area contributed by atoms with E-state index in [0.29, 0.717) is 10.8 Å². The summed E-state index contributed by atoms with van der Waals surface area (Å²) in [5, 5.41) is 1.54. The van der Waals surface area contributed by atoms with Crippen molar-refractivity contribution in [1.29, 1.82) is 0 Å². The van der Waals surface area contributed by atoms with Crippen LogP contribution in [0.25, 0.3) is 11.0 Å². The summed E-state index contributed by atoms with van der Waals surface area (Å²) in [6.45, 7) is 1.80. The molecule has 4 nitrogen and oxygen atoms in total. The minimum Gasteiger partial charge on any atom is -0.342 e. The van der Waals surface area contributed by atoms with Gasteiger partial charge in [-0.05, 0) is 31.0 Å². The number of nitrogens with zero attached hydrogens (tertiary/aromatic N) is 3. The minimum absolute atomic E-state index is 0.219. The van der Waals surface area contributed by atoms with Crippen LogP contribution < -0.4 is 0 Å². The first kappa shape index (κ1) is 15.7. The molecule has 0 N–H and O–H groups in total. The molecule has 0 unspecified atom stereocenters. The highest BCUT2D eigenvalue weighted by molar-refractivity contribution is 7.99. The number of imidazole rings is 1. The summed E-state index contributed by atoms with van der Waals surface area (Å²) in [5.41, 5.74) is 1.91. The Morgan fingerprint density at radius 2 is 2.00 bits per heavy atom. The smallest absolute Gasteiger partial charge is 0.233 e. The van der Waals surface area contributed by atoms with E-state index in [-0.39, 0.29) is 5.91 Å². The van der Waals surface area contributed by atoms with Crippen molar-refractivity contribution in [3.05, 3.63) is 23.2 Å². The van der Waals surface area contributed by atoms with Crippen molar-refractivity contribution in [2.45, 2.75) is 30.8 Å². The zero-order chi connectivity index (χ0) is 15.5. The monoisotopic (exact) mass is 337 g/mol. The summed E-state index contributed by atoms with van der Waals surface area (Å²) < 4.78 is 2.02. The molecular formula is C16H20ClN3OS. The molecule has 6 heteroatoms. The third kappa shape index (κ3) is 3.41. The number of likely N-dealkylation sites (tertiary alicyclic amines) is 1. The normalized spacial score (nSPS) is 16.0. The Morgan fingerprint density at radius 1 is 1.27 bits per heavy atom. The number of aryl methyl sites for hydroxylation is 1. The molecular weight excluding hydrogens is 318 g/mol. The highest BCUT2D eigenvalue weighted by Crippen LogP contribution is 2.25. The summed E-state index contributed by atoms with van der Waals surface area (Å²) in [6.07, 6.45) is 4.73. The third-order valence-corrected chi connectivity index (χ3v) is 5.34. The second kappa shape index (κ2) is 6.92. The Hall–Kier alpha value is -1.20. The van der Waals surface area contributed by atoms with E-state index in [1.54, 1.807) is 0 Å². The van der Waals surface area contributed by atoms with Crippen molar-refractivity contribution < 1.29 is 4.79 Å². The molecule has 1 saturated heterocycles. The van der Waals surface area contributed by atoms with E-state index in [1.165, 1.54) is 24.6 Å². The number of aromatic nitrogens is 2. The number of halogens is 1. The molecule has 1 fully saturated rings. The van der Waals surface area contributed by atoms with Crippen LogP contribution in [0.2, 0.25) is 5.02 Å². The first-order valence-electron chi connectivity index (χ1n) is 7.68. The molecule has 1 aliphatic rings. The number of thioether (sulfide) groups is 1. The lowest BCUT2D eigenvalue weighted by molar-refractivity contribution is -0.128. The summed E-state index contributed by atoms with van der Waals surface area (Å²) in [7, 11) is 1.97. The summed E-state index contributed by atoms with van der Waals surface area (Å²) in [6, 6.07) is 5.69. The maximum atomic E-state index is 12.4. The highest BCUT2D eigenvalue weighted by atomic mass is 35.5. The maximum Gasteiger partial charge on any atom is 0.233 e. The number of hydrogen-bond donors (Lipinski definition) is 0. The quantitative estimate of drug-likeness (QED) is 0.801. The van der Waals surface area contributed by atoms with Gasteiger partial charge >= 0.3 is 0 Å². The molecule has 0 radical (unpaired) electrons. The lowest BCUT2D eigenvalue weighted by atomic mass is 10.2. The van der Waals surface area contributed by atoms with Gasteiger partial charge in [-0.3, -0.25) is 4.79 Å². The largest absolute Gasteiger partial charge is 0.342 e. The Bertz CT molecular complexity index is 677. The molecule has 118 valence electrons. The minimum atomic E-state index is 0.219. The van der Waals surface area contributed by atoms with Crippen LogP contribution in [0.15, 0.2) is 23.4 Å². The van der Waals surface area contributed by atoms with Crippen LogP contribution in [0.4, 0.5) is 0 Å². The van der Waals surface area contributed by atoms with Crippen LogP contribution in [0.3, 0.4) is 0 Å². The number of carbonyl (C=O) groups is 1. The predicted molar refractivity (Wildman–Crippen MR) is 91.5 cm³/mol. The zero-order valence-corrected chi connectivity index (χ0v) is 14.3. The highest BCUT2D eigenvalue weighted by Gasteiger charge is 2.17. The number of amides is 1. The van der Waals surface area contributed by atoms with Crippen molar-refractivity contribution in [2.24, 2.45) is 7.05 Å². The number of rotatable bonds is 3. The van der Waals surface area contributed by atoms with Gasteiger partial charge < -0.3 is 9.47 Å². The molecule has 0 saturated carbocycles. The van der Waals surface area contributed by atoms with Gasteiger partial charge in [0.2, 0.25) is 5.91 Å². The standard InChI is InChI=1S/C16H20ClN3OS/c1-19-14-7-6-12(17)10-13(14)18-16(19)22-11-15(21)20-8-4-2-3-5-9-20/h6-7,10H,2-5,8-9,11H2,1H3. The lowest BCUT2D eigenvalue weighted by Crippen LogP contribution is -2.33. The van der Waals surface area contributed by atoms with Crippen LogP contribution in [0.1, 0.15) is 25.7 Å². The molecule has 1 aromatic heterocycles. The van der Waals surface area contributed by atoms with Gasteiger partial charge in [0, 0.05) is 25.2 Å². The van der Waals surface area contributed by atoms with Crippen LogP contribution >= 0.6 is 23.4 Å². The van der Waals surface area contributed by atoms with E-state index >= 15 is 0 Å². The average molecular weight is 338 g/mol. The summed E-state index contributed by atoms with van der Waals surface area (Å²) >= 11 is 7.51. The van der Waals surface area contributed by atoms with Crippen molar-refractivity contribution in [1.82, 2.24) is 14.5 Å². The fraction of sp³-hybridized carbons (Fsp3) is 0.500. The van der Waals surface area contributed by atoms with Crippen molar-refractivity contribution in [3.63, 3.8) is 0 Å². The van der Waals surface area contributed by atoms with Gasteiger partial charge in [-0.2, -0.15) is 0 Å². The fourth-order valence-corrected chi connectivity index (χ4v) is 3.87. The SMILES string of the molecule is Cn1c(SCC(=O)N2CCCCCC2)nc2cc(Cl)ccc21. The number of benzene rings is 1. The van der Waals surface area contributed by atoms with Crippen LogP contribution in [0.5, 0.6) is 0 Å². The predicted octanol–water partition coefficient (Wildman–Crippen LogP) is 3.72. The summed E-state index contributed by atoms with van der Waals surface area (Å²) in [5.74, 6) is 0.669. The molecule has 0 bridgehead atoms. The molecule has 22 heavy (non-hydrogen) atoms. The number of fused-ring (bicyclic) bond motifs is 1. The third-order valence-electron chi connectivity index (χ3n) is 4.09. The molecule has 0 spiro atoms. The van der Waals surface area contributed by atoms with Crippen molar-refractivity contribution in [2.75, 3.05) is 18.8 Å². The second-order valence-corrected chi connectivity index (χ2v) is 7.05. The molecule has 2 aromatic rings. The van der Waals surface area contributed by atoms with Crippen LogP contribution in [0, 0.1) is 0 Å². The first-order chi connectivity index (χ1) is 10.6. The van der Waals surface area contributed by atoms with Gasteiger partial charge in [0.05, 0.1) is 16.8 Å². The maximum absolute atomic E-state index is 12.4. The summed E-state index contributed by atoms with van der Waals surface area (Å²) in [4.78, 5) is 18.9. The Labute approximate surface area is 139 Å². The van der Waals surface area contributed by atoms with E-state index in [1.807, 2.05) is 34.7 Å². The molecule has 1 aromatic carbocycles. The van der Waals surface area contributed by atoms with Crippen molar-refractivity contribution in [3.8, 4) is 0 Å². The van der Waals surface area contributed by atoms with Crippen LogP contribution in [-0.4, -0.2) is 39.2 Å². The van der Waals surface area contributed by atoms with Crippen molar-refractivity contribution >= 4 is 40.3 Å². The topological polar surface area (TPSA) is 38.1 Å². The Morgan fingerprint density at radius 3 is 2.73 bits per heavy atom. The first-order valence-corrected chi connectivity index (χ1v) is 9.04. The van der Waals surface area contributed by atoms with E-state index in [2.05, 4.69) is 4.98 Å². The second-order valence-electron chi connectivity index (χ2n) is 5.67. The van der Waals surface area contributed by atoms with Gasteiger partial charge in [-0.1, -0.05) is 36.2 Å². The van der Waals surface area contributed by atoms with Gasteiger partial charge in [0.15, 0.2) is 5.16 Å². The number of carbonyl (C=O) groups excluding carboxylic acids is 1. The Kier molecular flexibility index (Phi) is 4.93. The molecule has 1 amide bonds. The van der Waals surface area contributed by atoms with Gasteiger partial charge in [0.25, 0.3) is 0 Å². The molecule has 1 aliphatic heterocycles. The molecule has 0 aliphatic carbocycles. The molecule has 0 atom stereocenters. The lowest BCUT2D eigenvalue weighted by Gasteiger charge is -2.19. The number of hydrogen-bond acceptors (Lipinski definition) is 3. The molecule has 2 heterocycles. The van der Waals surface area contributed by atoms with E-state index in [0.717, 1.165) is 42.1 Å². The van der Waals surface area contributed by atoms with Gasteiger partial charge in [0.1, 0.15) is 0 Å².